The van der Waals surface area contributed by atoms with Gasteiger partial charge in [0.25, 0.3) is 5.91 Å². The van der Waals surface area contributed by atoms with Crippen LogP contribution in [0.25, 0.3) is 0 Å². The summed E-state index contributed by atoms with van der Waals surface area (Å²) < 4.78 is 5.73. The van der Waals surface area contributed by atoms with Crippen LogP contribution in [-0.4, -0.2) is 41.6 Å². The Hall–Kier alpha value is -2.04. The summed E-state index contributed by atoms with van der Waals surface area (Å²) >= 11 is 0. The standard InChI is InChI=1S/C16H23NO4/c1-5-14(21-13-8-6-7-11(2)9-13)15(18)17(4)10-12(3)16(19)20/h6-9,12,14H,5,10H2,1-4H3,(H,19,20). The van der Waals surface area contributed by atoms with Gasteiger partial charge in [0.1, 0.15) is 5.75 Å². The predicted molar refractivity (Wildman–Crippen MR) is 80.3 cm³/mol. The predicted octanol–water partition coefficient (Wildman–Crippen LogP) is 2.33. The van der Waals surface area contributed by atoms with E-state index >= 15 is 0 Å². The highest BCUT2D eigenvalue weighted by Crippen LogP contribution is 2.16. The zero-order valence-electron chi connectivity index (χ0n) is 13.0. The third-order valence-electron chi connectivity index (χ3n) is 3.26. The largest absolute Gasteiger partial charge is 0.481 e. The molecule has 2 unspecified atom stereocenters. The van der Waals surface area contributed by atoms with Crippen LogP contribution >= 0.6 is 0 Å². The van der Waals surface area contributed by atoms with Crippen LogP contribution in [0.1, 0.15) is 25.8 Å². The van der Waals surface area contributed by atoms with Crippen molar-refractivity contribution in [2.45, 2.75) is 33.3 Å². The number of aryl methyl sites for hydroxylation is 1. The number of likely N-dealkylation sites (N-methyl/N-ethyl adjacent to an activating group) is 1. The van der Waals surface area contributed by atoms with Crippen LogP contribution in [0, 0.1) is 12.8 Å². The highest BCUT2D eigenvalue weighted by atomic mass is 16.5. The second-order valence-electron chi connectivity index (χ2n) is 5.29. The van der Waals surface area contributed by atoms with Gasteiger partial charge < -0.3 is 14.7 Å². The van der Waals surface area contributed by atoms with Gasteiger partial charge in [-0.25, -0.2) is 0 Å². The van der Waals surface area contributed by atoms with Crippen molar-refractivity contribution in [3.8, 4) is 5.75 Å². The number of carbonyl (C=O) groups is 2. The average molecular weight is 293 g/mol. The maximum absolute atomic E-state index is 12.3. The van der Waals surface area contributed by atoms with Gasteiger partial charge in [-0.05, 0) is 31.0 Å². The van der Waals surface area contributed by atoms with Crippen molar-refractivity contribution in [3.05, 3.63) is 29.8 Å². The Labute approximate surface area is 125 Å². The zero-order chi connectivity index (χ0) is 16.0. The molecule has 0 radical (unpaired) electrons. The summed E-state index contributed by atoms with van der Waals surface area (Å²) in [4.78, 5) is 24.6. The second kappa shape index (κ2) is 7.67. The van der Waals surface area contributed by atoms with E-state index < -0.39 is 18.0 Å². The van der Waals surface area contributed by atoms with Crippen molar-refractivity contribution in [2.75, 3.05) is 13.6 Å². The van der Waals surface area contributed by atoms with Gasteiger partial charge in [-0.1, -0.05) is 26.0 Å². The molecule has 0 fully saturated rings. The monoisotopic (exact) mass is 293 g/mol. The fourth-order valence-corrected chi connectivity index (χ4v) is 1.99. The Bertz CT molecular complexity index is 501. The molecule has 0 bridgehead atoms. The number of aliphatic carboxylic acids is 1. The molecule has 1 aromatic carbocycles. The highest BCUT2D eigenvalue weighted by Gasteiger charge is 2.25. The normalized spacial score (nSPS) is 13.3. The smallest absolute Gasteiger partial charge is 0.308 e. The minimum atomic E-state index is -0.915. The number of ether oxygens (including phenoxy) is 1. The van der Waals surface area contributed by atoms with E-state index in [1.165, 1.54) is 4.90 Å². The number of rotatable bonds is 7. The van der Waals surface area contributed by atoms with E-state index in [0.29, 0.717) is 12.2 Å². The first-order valence-electron chi connectivity index (χ1n) is 7.06. The first kappa shape index (κ1) is 17.0. The molecule has 0 saturated carbocycles. The minimum absolute atomic E-state index is 0.168. The number of nitrogens with zero attached hydrogens (tertiary/aromatic N) is 1. The van der Waals surface area contributed by atoms with Crippen LogP contribution in [-0.2, 0) is 9.59 Å². The number of carboxylic acids is 1. The lowest BCUT2D eigenvalue weighted by molar-refractivity contribution is -0.144. The molecule has 0 aromatic heterocycles. The fraction of sp³-hybridized carbons (Fsp3) is 0.500. The Kier molecular flexibility index (Phi) is 6.21. The van der Waals surface area contributed by atoms with Gasteiger partial charge in [-0.2, -0.15) is 0 Å². The average Bonchev–Trinajstić information content (AvgIpc) is 2.43. The second-order valence-corrected chi connectivity index (χ2v) is 5.29. The summed E-state index contributed by atoms with van der Waals surface area (Å²) in [6.45, 7) is 5.57. The van der Waals surface area contributed by atoms with E-state index in [2.05, 4.69) is 0 Å². The Morgan fingerprint density at radius 1 is 1.38 bits per heavy atom. The van der Waals surface area contributed by atoms with Gasteiger partial charge in [-0.15, -0.1) is 0 Å². The Morgan fingerprint density at radius 2 is 2.05 bits per heavy atom. The van der Waals surface area contributed by atoms with Gasteiger partial charge in [0.2, 0.25) is 0 Å². The summed E-state index contributed by atoms with van der Waals surface area (Å²) in [6.07, 6.45) is -0.0729. The molecule has 0 aliphatic carbocycles. The molecule has 1 aromatic rings. The maximum atomic E-state index is 12.3. The van der Waals surface area contributed by atoms with Crippen LogP contribution in [0.5, 0.6) is 5.75 Å². The summed E-state index contributed by atoms with van der Waals surface area (Å²) in [6, 6.07) is 7.51. The molecule has 2 atom stereocenters. The Morgan fingerprint density at radius 3 is 2.57 bits per heavy atom. The third-order valence-corrected chi connectivity index (χ3v) is 3.26. The first-order valence-corrected chi connectivity index (χ1v) is 7.06. The van der Waals surface area contributed by atoms with E-state index in [-0.39, 0.29) is 12.5 Å². The summed E-state index contributed by atoms with van der Waals surface area (Å²) in [5, 5.41) is 8.90. The lowest BCUT2D eigenvalue weighted by Crippen LogP contribution is -2.42. The molecular formula is C16H23NO4. The molecule has 1 amide bonds. The Balaban J connectivity index is 2.70. The van der Waals surface area contributed by atoms with Gasteiger partial charge in [0, 0.05) is 13.6 Å². The molecule has 0 aliphatic rings. The molecule has 5 heteroatoms. The lowest BCUT2D eigenvalue weighted by Gasteiger charge is -2.25. The number of benzene rings is 1. The summed E-state index contributed by atoms with van der Waals surface area (Å²) in [7, 11) is 1.60. The van der Waals surface area contributed by atoms with Gasteiger partial charge in [-0.3, -0.25) is 9.59 Å². The molecule has 0 aliphatic heterocycles. The SMILES string of the molecule is CCC(Oc1cccc(C)c1)C(=O)N(C)CC(C)C(=O)O. The lowest BCUT2D eigenvalue weighted by atomic mass is 10.1. The number of hydrogen-bond acceptors (Lipinski definition) is 3. The van der Waals surface area contributed by atoms with Crippen molar-refractivity contribution in [1.29, 1.82) is 0 Å². The highest BCUT2D eigenvalue weighted by molar-refractivity contribution is 5.81. The molecule has 5 nitrogen and oxygen atoms in total. The molecule has 116 valence electrons. The first-order chi connectivity index (χ1) is 9.85. The summed E-state index contributed by atoms with van der Waals surface area (Å²) in [5.74, 6) is -1.07. The van der Waals surface area contributed by atoms with E-state index in [1.54, 1.807) is 14.0 Å². The fourth-order valence-electron chi connectivity index (χ4n) is 1.99. The van der Waals surface area contributed by atoms with Crippen LogP contribution < -0.4 is 4.74 Å². The number of hydrogen-bond donors (Lipinski definition) is 1. The third kappa shape index (κ3) is 5.10. The van der Waals surface area contributed by atoms with Crippen molar-refractivity contribution in [2.24, 2.45) is 5.92 Å². The van der Waals surface area contributed by atoms with Crippen LogP contribution in [0.4, 0.5) is 0 Å². The maximum Gasteiger partial charge on any atom is 0.308 e. The van der Waals surface area contributed by atoms with Crippen molar-refractivity contribution in [1.82, 2.24) is 4.90 Å². The number of carboxylic acid groups (broad SMARTS) is 1. The zero-order valence-corrected chi connectivity index (χ0v) is 13.0. The van der Waals surface area contributed by atoms with E-state index in [0.717, 1.165) is 5.56 Å². The summed E-state index contributed by atoms with van der Waals surface area (Å²) in [5.41, 5.74) is 1.06. The number of amides is 1. The van der Waals surface area contributed by atoms with E-state index in [1.807, 2.05) is 38.1 Å². The minimum Gasteiger partial charge on any atom is -0.481 e. The quantitative estimate of drug-likeness (QED) is 0.838. The molecule has 0 heterocycles. The van der Waals surface area contributed by atoms with Gasteiger partial charge >= 0.3 is 5.97 Å². The van der Waals surface area contributed by atoms with Crippen molar-refractivity contribution >= 4 is 11.9 Å². The van der Waals surface area contributed by atoms with Crippen LogP contribution in [0.2, 0.25) is 0 Å². The van der Waals surface area contributed by atoms with Gasteiger partial charge in [0.05, 0.1) is 5.92 Å². The number of carbonyl (C=O) groups excluding carboxylic acids is 1. The van der Waals surface area contributed by atoms with Crippen molar-refractivity contribution < 1.29 is 19.4 Å². The van der Waals surface area contributed by atoms with Crippen LogP contribution in [0.3, 0.4) is 0 Å². The molecule has 0 saturated heterocycles. The molecule has 1 N–H and O–H groups in total. The molecule has 21 heavy (non-hydrogen) atoms. The molecule has 1 rings (SSSR count). The molecular weight excluding hydrogens is 270 g/mol. The van der Waals surface area contributed by atoms with E-state index in [4.69, 9.17) is 9.84 Å². The molecule has 0 spiro atoms. The van der Waals surface area contributed by atoms with Gasteiger partial charge in [0.15, 0.2) is 6.10 Å². The van der Waals surface area contributed by atoms with E-state index in [9.17, 15) is 9.59 Å². The van der Waals surface area contributed by atoms with Crippen molar-refractivity contribution in [3.63, 3.8) is 0 Å². The van der Waals surface area contributed by atoms with Crippen LogP contribution in [0.15, 0.2) is 24.3 Å². The topological polar surface area (TPSA) is 66.8 Å².